The average Bonchev–Trinajstić information content (AvgIpc) is 2.78. The van der Waals surface area contributed by atoms with Crippen molar-refractivity contribution >= 4 is 17.6 Å². The van der Waals surface area contributed by atoms with E-state index < -0.39 is 12.1 Å². The molecule has 0 fully saturated rings. The predicted molar refractivity (Wildman–Crippen MR) is 129 cm³/mol. The molecular weight excluding hydrogens is 442 g/mol. The Kier molecular flexibility index (Phi) is 7.97. The Labute approximate surface area is 198 Å². The summed E-state index contributed by atoms with van der Waals surface area (Å²) in [5.41, 5.74) is 4.22. The number of nitrogens with one attached hydrogen (secondary N) is 1. The van der Waals surface area contributed by atoms with Crippen molar-refractivity contribution in [2.45, 2.75) is 32.9 Å². The normalized spacial score (nSPS) is 12.9. The molecule has 4 N–H and O–H groups in total. The highest BCUT2D eigenvalue weighted by Gasteiger charge is 2.16. The highest BCUT2D eigenvalue weighted by molar-refractivity contribution is 6.33. The van der Waals surface area contributed by atoms with Gasteiger partial charge in [0.1, 0.15) is 18.1 Å². The van der Waals surface area contributed by atoms with E-state index >= 15 is 0 Å². The number of ether oxygens (including phenoxy) is 1. The van der Waals surface area contributed by atoms with Crippen LogP contribution >= 0.6 is 11.6 Å². The van der Waals surface area contributed by atoms with Gasteiger partial charge in [-0.25, -0.2) is 4.79 Å². The van der Waals surface area contributed by atoms with Gasteiger partial charge in [0.15, 0.2) is 0 Å². The van der Waals surface area contributed by atoms with Crippen LogP contribution in [0.5, 0.6) is 11.5 Å². The molecule has 0 heterocycles. The maximum absolute atomic E-state index is 11.3. The van der Waals surface area contributed by atoms with Crippen LogP contribution < -0.4 is 10.1 Å². The van der Waals surface area contributed by atoms with Gasteiger partial charge in [0.05, 0.1) is 11.7 Å². The Hall–Kier alpha value is -3.06. The topological polar surface area (TPSA) is 99.0 Å². The Balaban J connectivity index is 1.63. The van der Waals surface area contributed by atoms with Crippen molar-refractivity contribution in [3.8, 4) is 22.6 Å². The van der Waals surface area contributed by atoms with Crippen LogP contribution in [0.25, 0.3) is 11.1 Å². The quantitative estimate of drug-likeness (QED) is 0.325. The summed E-state index contributed by atoms with van der Waals surface area (Å²) in [6, 6.07) is 14.8. The predicted octanol–water partition coefficient (Wildman–Crippen LogP) is 5.12. The van der Waals surface area contributed by atoms with E-state index in [4.69, 9.17) is 16.3 Å². The molecule has 0 saturated carbocycles. The number of aliphatic hydroxyl groups is 1. The summed E-state index contributed by atoms with van der Waals surface area (Å²) in [7, 11) is 0. The fourth-order valence-corrected chi connectivity index (χ4v) is 3.95. The second-order valence-electron chi connectivity index (χ2n) is 8.07. The van der Waals surface area contributed by atoms with Crippen molar-refractivity contribution in [3.05, 3.63) is 81.9 Å². The lowest BCUT2D eigenvalue weighted by molar-refractivity contribution is 0.0697. The standard InChI is InChI=1S/C26H28ClNO5/c1-15-12-20(22-14-19(26(31)32)6-9-23(22)27)13-16(2)25(15)33-11-10-28-17(3)24(30)18-4-7-21(29)8-5-18/h4-9,12-14,17,24,28-30H,10-11H2,1-3H3,(H,31,32)/t17-,24+/m1/s1. The molecule has 0 aliphatic rings. The fraction of sp³-hybridized carbons (Fsp3) is 0.269. The summed E-state index contributed by atoms with van der Waals surface area (Å²) in [6.45, 7) is 6.70. The van der Waals surface area contributed by atoms with Crippen LogP contribution in [0.4, 0.5) is 0 Å². The van der Waals surface area contributed by atoms with Crippen LogP contribution in [0.1, 0.15) is 40.1 Å². The van der Waals surface area contributed by atoms with Gasteiger partial charge < -0.3 is 25.4 Å². The molecule has 7 heteroatoms. The van der Waals surface area contributed by atoms with E-state index in [0.29, 0.717) is 23.7 Å². The third kappa shape index (κ3) is 6.05. The summed E-state index contributed by atoms with van der Waals surface area (Å²) < 4.78 is 6.00. The number of rotatable bonds is 9. The number of hydrogen-bond acceptors (Lipinski definition) is 5. The van der Waals surface area contributed by atoms with Crippen molar-refractivity contribution in [1.29, 1.82) is 0 Å². The first-order chi connectivity index (χ1) is 15.7. The molecule has 3 rings (SSSR count). The number of aryl methyl sites for hydroxylation is 2. The number of halogens is 1. The third-order valence-corrected chi connectivity index (χ3v) is 5.84. The SMILES string of the molecule is Cc1cc(-c2cc(C(=O)O)ccc2Cl)cc(C)c1OCCN[C@H](C)[C@H](O)c1ccc(O)cc1. The highest BCUT2D eigenvalue weighted by atomic mass is 35.5. The van der Waals surface area contributed by atoms with Gasteiger partial charge in [-0.15, -0.1) is 0 Å². The van der Waals surface area contributed by atoms with Crippen LogP contribution in [0.15, 0.2) is 54.6 Å². The molecule has 0 spiro atoms. The lowest BCUT2D eigenvalue weighted by Crippen LogP contribution is -2.35. The van der Waals surface area contributed by atoms with Crippen molar-refractivity contribution in [3.63, 3.8) is 0 Å². The van der Waals surface area contributed by atoms with Gasteiger partial charge in [0.25, 0.3) is 0 Å². The number of aliphatic hydroxyl groups excluding tert-OH is 1. The van der Waals surface area contributed by atoms with Crippen LogP contribution in [0.2, 0.25) is 5.02 Å². The van der Waals surface area contributed by atoms with Gasteiger partial charge in [0.2, 0.25) is 0 Å². The van der Waals surface area contributed by atoms with E-state index in [9.17, 15) is 20.1 Å². The second kappa shape index (κ2) is 10.7. The minimum atomic E-state index is -1.00. The molecule has 0 aliphatic heterocycles. The van der Waals surface area contributed by atoms with Gasteiger partial charge in [-0.3, -0.25) is 0 Å². The summed E-state index contributed by atoms with van der Waals surface area (Å²) in [4.78, 5) is 11.3. The number of aromatic carboxylic acids is 1. The Morgan fingerprint density at radius 1 is 1.06 bits per heavy atom. The summed E-state index contributed by atoms with van der Waals surface area (Å²) >= 11 is 6.32. The van der Waals surface area contributed by atoms with Crippen LogP contribution in [-0.2, 0) is 0 Å². The fourth-order valence-electron chi connectivity index (χ4n) is 3.72. The minimum Gasteiger partial charge on any atom is -0.508 e. The number of carboxylic acid groups (broad SMARTS) is 1. The van der Waals surface area contributed by atoms with Gasteiger partial charge >= 0.3 is 5.97 Å². The van der Waals surface area contributed by atoms with Crippen LogP contribution in [-0.4, -0.2) is 40.5 Å². The first-order valence-electron chi connectivity index (χ1n) is 10.6. The molecule has 2 atom stereocenters. The molecule has 0 saturated heterocycles. The molecule has 0 amide bonds. The maximum Gasteiger partial charge on any atom is 0.335 e. The van der Waals surface area contributed by atoms with E-state index in [1.807, 2.05) is 32.9 Å². The zero-order chi connectivity index (χ0) is 24.1. The van der Waals surface area contributed by atoms with Crippen LogP contribution in [0, 0.1) is 13.8 Å². The summed E-state index contributed by atoms with van der Waals surface area (Å²) in [5, 5.41) is 32.9. The largest absolute Gasteiger partial charge is 0.508 e. The van der Waals surface area contributed by atoms with E-state index in [1.165, 1.54) is 6.07 Å². The minimum absolute atomic E-state index is 0.161. The number of aromatic hydroxyl groups is 1. The van der Waals surface area contributed by atoms with Crippen molar-refractivity contribution in [2.75, 3.05) is 13.2 Å². The summed E-state index contributed by atoms with van der Waals surface area (Å²) in [6.07, 6.45) is -0.709. The number of hydrogen-bond donors (Lipinski definition) is 4. The molecule has 0 bridgehead atoms. The molecule has 33 heavy (non-hydrogen) atoms. The second-order valence-corrected chi connectivity index (χ2v) is 8.47. The third-order valence-electron chi connectivity index (χ3n) is 5.51. The molecule has 0 aromatic heterocycles. The lowest BCUT2D eigenvalue weighted by atomic mass is 9.98. The average molecular weight is 470 g/mol. The number of phenolic OH excluding ortho intramolecular Hbond substituents is 1. The molecule has 174 valence electrons. The van der Waals surface area contributed by atoms with Gasteiger partial charge in [0, 0.05) is 23.2 Å². The molecular formula is C26H28ClNO5. The van der Waals surface area contributed by atoms with E-state index in [2.05, 4.69) is 5.32 Å². The van der Waals surface area contributed by atoms with Crippen molar-refractivity contribution < 1.29 is 24.9 Å². The molecule has 6 nitrogen and oxygen atoms in total. The molecule has 0 radical (unpaired) electrons. The Morgan fingerprint density at radius 3 is 2.30 bits per heavy atom. The smallest absolute Gasteiger partial charge is 0.335 e. The van der Waals surface area contributed by atoms with Gasteiger partial charge in [-0.05, 0) is 85.5 Å². The first-order valence-corrected chi connectivity index (χ1v) is 11.0. The Morgan fingerprint density at radius 2 is 1.70 bits per heavy atom. The number of phenols is 1. The van der Waals surface area contributed by atoms with E-state index in [1.54, 1.807) is 36.4 Å². The van der Waals surface area contributed by atoms with Gasteiger partial charge in [-0.2, -0.15) is 0 Å². The molecule has 3 aromatic rings. The van der Waals surface area contributed by atoms with Crippen LogP contribution in [0.3, 0.4) is 0 Å². The first kappa shape index (κ1) is 24.6. The zero-order valence-electron chi connectivity index (χ0n) is 18.8. The maximum atomic E-state index is 11.3. The van der Waals surface area contributed by atoms with Gasteiger partial charge in [-0.1, -0.05) is 23.7 Å². The number of benzene rings is 3. The highest BCUT2D eigenvalue weighted by Crippen LogP contribution is 2.34. The van der Waals surface area contributed by atoms with Crippen molar-refractivity contribution in [2.24, 2.45) is 0 Å². The molecule has 3 aromatic carbocycles. The lowest BCUT2D eigenvalue weighted by Gasteiger charge is -2.21. The van der Waals surface area contributed by atoms with Crippen molar-refractivity contribution in [1.82, 2.24) is 5.32 Å². The number of carboxylic acids is 1. The monoisotopic (exact) mass is 469 g/mol. The number of carbonyl (C=O) groups is 1. The summed E-state index contributed by atoms with van der Waals surface area (Å²) in [5.74, 6) is -0.0787. The van der Waals surface area contributed by atoms with E-state index in [-0.39, 0.29) is 17.4 Å². The van der Waals surface area contributed by atoms with E-state index in [0.717, 1.165) is 28.0 Å². The molecule has 0 aliphatic carbocycles. The zero-order valence-corrected chi connectivity index (χ0v) is 19.6. The molecule has 0 unspecified atom stereocenters. The Bertz CT molecular complexity index is 1110.